The molecule has 1 aliphatic rings. The molecular formula is C12H16N2O6S. The molecule has 1 aliphatic heterocycles. The Morgan fingerprint density at radius 1 is 1.52 bits per heavy atom. The van der Waals surface area contributed by atoms with E-state index in [2.05, 4.69) is 0 Å². The van der Waals surface area contributed by atoms with Gasteiger partial charge in [0.15, 0.2) is 4.90 Å². The third kappa shape index (κ3) is 2.85. The van der Waals surface area contributed by atoms with Crippen LogP contribution in [0.25, 0.3) is 0 Å². The molecule has 8 nitrogen and oxygen atoms in total. The molecule has 1 N–H and O–H groups in total. The molecule has 0 bridgehead atoms. The van der Waals surface area contributed by atoms with Crippen LogP contribution in [0, 0.1) is 10.1 Å². The second-order valence-electron chi connectivity index (χ2n) is 4.69. The number of rotatable bonds is 5. The van der Waals surface area contributed by atoms with Crippen molar-refractivity contribution < 1.29 is 23.2 Å². The van der Waals surface area contributed by atoms with Crippen molar-refractivity contribution in [2.24, 2.45) is 0 Å². The lowest BCUT2D eigenvalue weighted by atomic mass is 10.2. The van der Waals surface area contributed by atoms with Crippen LogP contribution < -0.4 is 4.74 Å². The van der Waals surface area contributed by atoms with Crippen LogP contribution in [0.4, 0.5) is 5.69 Å². The maximum absolute atomic E-state index is 12.6. The summed E-state index contributed by atoms with van der Waals surface area (Å²) < 4.78 is 31.2. The first kappa shape index (κ1) is 15.7. The summed E-state index contributed by atoms with van der Waals surface area (Å²) in [5, 5.41) is 20.4. The normalized spacial score (nSPS) is 19.6. The SMILES string of the molecule is COc1ccc(S(=O)(=O)N2CCC[C@@H]2CO)c([N+](=O)[O-])c1. The Labute approximate surface area is 122 Å². The summed E-state index contributed by atoms with van der Waals surface area (Å²) >= 11 is 0. The Bertz CT molecular complexity index is 645. The zero-order valence-corrected chi connectivity index (χ0v) is 12.2. The van der Waals surface area contributed by atoms with Crippen molar-refractivity contribution in [1.29, 1.82) is 0 Å². The fourth-order valence-electron chi connectivity index (χ4n) is 2.42. The van der Waals surface area contributed by atoms with Gasteiger partial charge in [0.25, 0.3) is 5.69 Å². The first-order valence-corrected chi connectivity index (χ1v) is 7.81. The van der Waals surface area contributed by atoms with Crippen molar-refractivity contribution in [2.45, 2.75) is 23.8 Å². The molecule has 0 amide bonds. The molecule has 0 spiro atoms. The van der Waals surface area contributed by atoms with Crippen LogP contribution in [0.5, 0.6) is 5.75 Å². The lowest BCUT2D eigenvalue weighted by Gasteiger charge is -2.22. The minimum atomic E-state index is -4.02. The van der Waals surface area contributed by atoms with E-state index in [4.69, 9.17) is 4.74 Å². The molecule has 1 heterocycles. The molecule has 21 heavy (non-hydrogen) atoms. The van der Waals surface area contributed by atoms with Gasteiger partial charge in [0.2, 0.25) is 10.0 Å². The second-order valence-corrected chi connectivity index (χ2v) is 6.54. The fraction of sp³-hybridized carbons (Fsp3) is 0.500. The quantitative estimate of drug-likeness (QED) is 0.634. The van der Waals surface area contributed by atoms with Crippen LogP contribution >= 0.6 is 0 Å². The Hall–Kier alpha value is -1.71. The molecule has 1 aromatic rings. The van der Waals surface area contributed by atoms with Gasteiger partial charge in [-0.05, 0) is 25.0 Å². The molecule has 0 unspecified atom stereocenters. The van der Waals surface area contributed by atoms with Gasteiger partial charge in [-0.25, -0.2) is 8.42 Å². The first-order valence-electron chi connectivity index (χ1n) is 6.37. The number of nitrogens with zero attached hydrogens (tertiary/aromatic N) is 2. The van der Waals surface area contributed by atoms with Crippen LogP contribution in [-0.4, -0.2) is 49.1 Å². The predicted molar refractivity (Wildman–Crippen MR) is 73.6 cm³/mol. The Kier molecular flexibility index (Phi) is 4.45. The summed E-state index contributed by atoms with van der Waals surface area (Å²) in [6.45, 7) is -0.0556. The average molecular weight is 316 g/mol. The van der Waals surface area contributed by atoms with Gasteiger partial charge in [0, 0.05) is 12.6 Å². The molecule has 1 aromatic carbocycles. The minimum Gasteiger partial charge on any atom is -0.497 e. The van der Waals surface area contributed by atoms with Gasteiger partial charge in [-0.15, -0.1) is 0 Å². The van der Waals surface area contributed by atoms with E-state index in [1.165, 1.54) is 19.2 Å². The van der Waals surface area contributed by atoms with Crippen molar-refractivity contribution in [2.75, 3.05) is 20.3 Å². The lowest BCUT2D eigenvalue weighted by Crippen LogP contribution is -2.37. The van der Waals surface area contributed by atoms with E-state index in [-0.39, 0.29) is 23.8 Å². The maximum atomic E-state index is 12.6. The van der Waals surface area contributed by atoms with E-state index in [9.17, 15) is 23.6 Å². The van der Waals surface area contributed by atoms with Crippen LogP contribution in [0.3, 0.4) is 0 Å². The van der Waals surface area contributed by atoms with Gasteiger partial charge in [-0.2, -0.15) is 4.31 Å². The number of sulfonamides is 1. The number of aliphatic hydroxyl groups excluding tert-OH is 1. The first-order chi connectivity index (χ1) is 9.91. The zero-order chi connectivity index (χ0) is 15.6. The van der Waals surface area contributed by atoms with Gasteiger partial charge >= 0.3 is 0 Å². The number of ether oxygens (including phenoxy) is 1. The number of aliphatic hydroxyl groups is 1. The van der Waals surface area contributed by atoms with Crippen LogP contribution in [0.1, 0.15) is 12.8 Å². The standard InChI is InChI=1S/C12H16N2O6S/c1-20-10-4-5-12(11(7-10)14(16)17)21(18,19)13-6-2-3-9(13)8-15/h4-5,7,9,15H,2-3,6,8H2,1H3/t9-/m1/s1. The lowest BCUT2D eigenvalue weighted by molar-refractivity contribution is -0.387. The summed E-state index contributed by atoms with van der Waals surface area (Å²) in [5.41, 5.74) is -0.530. The topological polar surface area (TPSA) is 110 Å². The molecule has 0 aliphatic carbocycles. The minimum absolute atomic E-state index is 0.209. The predicted octanol–water partition coefficient (Wildman–Crippen LogP) is 0.749. The maximum Gasteiger partial charge on any atom is 0.293 e. The highest BCUT2D eigenvalue weighted by Crippen LogP contribution is 2.33. The zero-order valence-electron chi connectivity index (χ0n) is 11.4. The molecular weight excluding hydrogens is 300 g/mol. The summed E-state index contributed by atoms with van der Waals surface area (Å²) in [6.07, 6.45) is 1.16. The molecule has 2 rings (SSSR count). The molecule has 0 saturated carbocycles. The van der Waals surface area contributed by atoms with E-state index >= 15 is 0 Å². The van der Waals surface area contributed by atoms with Gasteiger partial charge in [-0.1, -0.05) is 0 Å². The largest absolute Gasteiger partial charge is 0.497 e. The molecule has 9 heteroatoms. The van der Waals surface area contributed by atoms with E-state index < -0.39 is 26.7 Å². The Balaban J connectivity index is 2.52. The molecule has 1 atom stereocenters. The number of nitro groups is 1. The van der Waals surface area contributed by atoms with Gasteiger partial charge in [0.1, 0.15) is 5.75 Å². The van der Waals surface area contributed by atoms with Crippen LogP contribution in [0.15, 0.2) is 23.1 Å². The Morgan fingerprint density at radius 2 is 2.24 bits per heavy atom. The number of benzene rings is 1. The number of hydrogen-bond acceptors (Lipinski definition) is 6. The molecule has 1 saturated heterocycles. The molecule has 116 valence electrons. The summed E-state index contributed by atoms with van der Waals surface area (Å²) in [4.78, 5) is 9.99. The summed E-state index contributed by atoms with van der Waals surface area (Å²) in [7, 11) is -2.68. The second kappa shape index (κ2) is 5.96. The number of hydrogen-bond donors (Lipinski definition) is 1. The fourth-order valence-corrected chi connectivity index (χ4v) is 4.24. The van der Waals surface area contributed by atoms with Crippen LogP contribution in [0.2, 0.25) is 0 Å². The highest BCUT2D eigenvalue weighted by molar-refractivity contribution is 7.89. The monoisotopic (exact) mass is 316 g/mol. The summed E-state index contributed by atoms with van der Waals surface area (Å²) in [5.74, 6) is 0.209. The van der Waals surface area contributed by atoms with E-state index in [1.807, 2.05) is 0 Å². The van der Waals surface area contributed by atoms with Crippen molar-refractivity contribution in [1.82, 2.24) is 4.31 Å². The number of nitro benzene ring substituents is 1. The van der Waals surface area contributed by atoms with Crippen molar-refractivity contribution >= 4 is 15.7 Å². The van der Waals surface area contributed by atoms with Crippen molar-refractivity contribution in [3.63, 3.8) is 0 Å². The third-order valence-corrected chi connectivity index (χ3v) is 5.48. The van der Waals surface area contributed by atoms with Crippen LogP contribution in [-0.2, 0) is 10.0 Å². The van der Waals surface area contributed by atoms with Gasteiger partial charge in [0.05, 0.1) is 24.7 Å². The highest BCUT2D eigenvalue weighted by Gasteiger charge is 2.38. The summed E-state index contributed by atoms with van der Waals surface area (Å²) in [6, 6.07) is 3.08. The van der Waals surface area contributed by atoms with Gasteiger partial charge in [-0.3, -0.25) is 10.1 Å². The van der Waals surface area contributed by atoms with E-state index in [1.54, 1.807) is 0 Å². The van der Waals surface area contributed by atoms with Gasteiger partial charge < -0.3 is 9.84 Å². The highest BCUT2D eigenvalue weighted by atomic mass is 32.2. The third-order valence-electron chi connectivity index (χ3n) is 3.48. The molecule has 0 radical (unpaired) electrons. The molecule has 0 aromatic heterocycles. The smallest absolute Gasteiger partial charge is 0.293 e. The molecule has 1 fully saturated rings. The average Bonchev–Trinajstić information content (AvgIpc) is 2.95. The Morgan fingerprint density at radius 3 is 2.81 bits per heavy atom. The van der Waals surface area contributed by atoms with Crippen molar-refractivity contribution in [3.8, 4) is 5.75 Å². The van der Waals surface area contributed by atoms with E-state index in [0.717, 1.165) is 10.4 Å². The number of methoxy groups -OCH3 is 1. The van der Waals surface area contributed by atoms with Crippen molar-refractivity contribution in [3.05, 3.63) is 28.3 Å². The van der Waals surface area contributed by atoms with E-state index in [0.29, 0.717) is 12.8 Å².